The van der Waals surface area contributed by atoms with Crippen LogP contribution in [-0.2, 0) is 0 Å². The van der Waals surface area contributed by atoms with Gasteiger partial charge in [-0.2, -0.15) is 0 Å². The van der Waals surface area contributed by atoms with Crippen molar-refractivity contribution in [3.05, 3.63) is 29.3 Å². The topological polar surface area (TPSA) is 20.3 Å². The van der Waals surface area contributed by atoms with E-state index >= 15 is 0 Å². The molecule has 1 fully saturated rings. The second-order valence-corrected chi connectivity index (χ2v) is 4.50. The molecule has 1 aromatic rings. The van der Waals surface area contributed by atoms with Gasteiger partial charge in [-0.05, 0) is 25.0 Å². The van der Waals surface area contributed by atoms with Crippen LogP contribution in [0.5, 0.6) is 0 Å². The van der Waals surface area contributed by atoms with Crippen molar-refractivity contribution in [2.45, 2.75) is 31.7 Å². The van der Waals surface area contributed by atoms with Crippen molar-refractivity contribution in [2.24, 2.45) is 0 Å². The van der Waals surface area contributed by atoms with Crippen LogP contribution in [-0.4, -0.2) is 19.4 Å². The molecule has 0 heterocycles. The van der Waals surface area contributed by atoms with Crippen molar-refractivity contribution in [3.63, 3.8) is 0 Å². The molecule has 0 atom stereocenters. The number of hydrogen-bond donors (Lipinski definition) is 0. The minimum atomic E-state index is -0.665. The molecule has 0 N–H and O–H groups in total. The van der Waals surface area contributed by atoms with Gasteiger partial charge in [0.25, 0.3) is 0 Å². The molecule has 1 saturated carbocycles. The number of rotatable bonds is 3. The minimum absolute atomic E-state index is 0.0255. The average Bonchev–Trinajstić information content (AvgIpc) is 2.81. The molecule has 2 rings (SSSR count). The van der Waals surface area contributed by atoms with E-state index in [2.05, 4.69) is 0 Å². The van der Waals surface area contributed by atoms with Crippen LogP contribution in [0.4, 0.5) is 14.5 Å². The second kappa shape index (κ2) is 4.82. The third-order valence-electron chi connectivity index (χ3n) is 3.40. The Bertz CT molecular complexity index is 404. The molecule has 0 amide bonds. The summed E-state index contributed by atoms with van der Waals surface area (Å²) in [4.78, 5) is 12.2. The van der Waals surface area contributed by atoms with Gasteiger partial charge < -0.3 is 4.90 Å². The molecule has 1 aliphatic carbocycles. The second-order valence-electron chi connectivity index (χ2n) is 4.50. The summed E-state index contributed by atoms with van der Waals surface area (Å²) < 4.78 is 27.5. The molecule has 17 heavy (non-hydrogen) atoms. The Kier molecular flexibility index (Phi) is 3.41. The number of anilines is 1. The molecule has 0 bridgehead atoms. The van der Waals surface area contributed by atoms with Crippen LogP contribution in [0.1, 0.15) is 36.0 Å². The lowest BCUT2D eigenvalue weighted by Crippen LogP contribution is -2.30. The molecule has 92 valence electrons. The molecular weight excluding hydrogens is 224 g/mol. The average molecular weight is 239 g/mol. The van der Waals surface area contributed by atoms with Gasteiger partial charge in [0.05, 0.1) is 0 Å². The number of aldehydes is 1. The van der Waals surface area contributed by atoms with Crippen LogP contribution in [0, 0.1) is 11.6 Å². The highest BCUT2D eigenvalue weighted by Gasteiger charge is 2.24. The Morgan fingerprint density at radius 3 is 2.24 bits per heavy atom. The standard InChI is InChI=1S/C13H15F2NO/c1-16(10-4-2-3-5-10)13-11(14)6-9(8-17)7-12(13)15/h6-8,10H,2-5H2,1H3. The van der Waals surface area contributed by atoms with Crippen molar-refractivity contribution in [1.29, 1.82) is 0 Å². The zero-order valence-corrected chi connectivity index (χ0v) is 9.75. The van der Waals surface area contributed by atoms with Crippen LogP contribution in [0.15, 0.2) is 12.1 Å². The van der Waals surface area contributed by atoms with Crippen molar-refractivity contribution in [3.8, 4) is 0 Å². The monoisotopic (exact) mass is 239 g/mol. The summed E-state index contributed by atoms with van der Waals surface area (Å²) in [7, 11) is 1.71. The fourth-order valence-electron chi connectivity index (χ4n) is 2.46. The Hall–Kier alpha value is -1.45. The molecule has 0 radical (unpaired) electrons. The van der Waals surface area contributed by atoms with Gasteiger partial charge in [0.2, 0.25) is 0 Å². The first kappa shape index (κ1) is 12.0. The molecule has 1 aromatic carbocycles. The van der Waals surface area contributed by atoms with Crippen LogP contribution in [0.2, 0.25) is 0 Å². The summed E-state index contributed by atoms with van der Waals surface area (Å²) in [6, 6.07) is 2.36. The SMILES string of the molecule is CN(c1c(F)cc(C=O)cc1F)C1CCCC1. The maximum atomic E-state index is 13.8. The summed E-state index contributed by atoms with van der Waals surface area (Å²) in [5.41, 5.74) is 0.00562. The molecule has 0 spiro atoms. The number of benzene rings is 1. The van der Waals surface area contributed by atoms with Crippen molar-refractivity contribution < 1.29 is 13.6 Å². The van der Waals surface area contributed by atoms with Gasteiger partial charge in [-0.1, -0.05) is 12.8 Å². The van der Waals surface area contributed by atoms with E-state index in [0.29, 0.717) is 6.29 Å². The maximum Gasteiger partial charge on any atom is 0.150 e. The first-order chi connectivity index (χ1) is 8.13. The largest absolute Gasteiger partial charge is 0.367 e. The Labute approximate surface area is 99.2 Å². The van der Waals surface area contributed by atoms with E-state index in [4.69, 9.17) is 0 Å². The van der Waals surface area contributed by atoms with Gasteiger partial charge >= 0.3 is 0 Å². The van der Waals surface area contributed by atoms with E-state index in [1.807, 2.05) is 0 Å². The fourth-order valence-corrected chi connectivity index (χ4v) is 2.46. The molecule has 0 aliphatic heterocycles. The van der Waals surface area contributed by atoms with Gasteiger partial charge in [0.1, 0.15) is 23.6 Å². The Morgan fingerprint density at radius 1 is 1.24 bits per heavy atom. The smallest absolute Gasteiger partial charge is 0.150 e. The van der Waals surface area contributed by atoms with E-state index in [9.17, 15) is 13.6 Å². The number of carbonyl (C=O) groups is 1. The third kappa shape index (κ3) is 2.30. The van der Waals surface area contributed by atoms with E-state index in [0.717, 1.165) is 37.8 Å². The fraction of sp³-hybridized carbons (Fsp3) is 0.462. The molecule has 4 heteroatoms. The van der Waals surface area contributed by atoms with Gasteiger partial charge in [0, 0.05) is 18.7 Å². The minimum Gasteiger partial charge on any atom is -0.367 e. The first-order valence-electron chi connectivity index (χ1n) is 5.80. The highest BCUT2D eigenvalue weighted by atomic mass is 19.1. The zero-order chi connectivity index (χ0) is 12.4. The van der Waals surface area contributed by atoms with Crippen LogP contribution in [0.3, 0.4) is 0 Å². The van der Waals surface area contributed by atoms with E-state index in [1.165, 1.54) is 0 Å². The summed E-state index contributed by atoms with van der Waals surface area (Å²) in [5.74, 6) is -1.33. The van der Waals surface area contributed by atoms with Gasteiger partial charge in [-0.3, -0.25) is 4.79 Å². The van der Waals surface area contributed by atoms with Crippen molar-refractivity contribution in [1.82, 2.24) is 0 Å². The van der Waals surface area contributed by atoms with Gasteiger partial charge in [-0.25, -0.2) is 8.78 Å². The highest BCUT2D eigenvalue weighted by molar-refractivity contribution is 5.76. The highest BCUT2D eigenvalue weighted by Crippen LogP contribution is 2.30. The van der Waals surface area contributed by atoms with E-state index in [1.54, 1.807) is 11.9 Å². The van der Waals surface area contributed by atoms with E-state index < -0.39 is 11.6 Å². The molecule has 0 unspecified atom stereocenters. The van der Waals surface area contributed by atoms with Crippen molar-refractivity contribution >= 4 is 12.0 Å². The summed E-state index contributed by atoms with van der Waals surface area (Å²) >= 11 is 0. The third-order valence-corrected chi connectivity index (χ3v) is 3.40. The molecular formula is C13H15F2NO. The van der Waals surface area contributed by atoms with Crippen LogP contribution >= 0.6 is 0 Å². The number of halogens is 2. The quantitative estimate of drug-likeness (QED) is 0.755. The zero-order valence-electron chi connectivity index (χ0n) is 9.75. The number of hydrogen-bond acceptors (Lipinski definition) is 2. The summed E-state index contributed by atoms with van der Waals surface area (Å²) in [5, 5.41) is 0. The Morgan fingerprint density at radius 2 is 1.76 bits per heavy atom. The van der Waals surface area contributed by atoms with Crippen molar-refractivity contribution in [2.75, 3.05) is 11.9 Å². The molecule has 2 nitrogen and oxygen atoms in total. The summed E-state index contributed by atoms with van der Waals surface area (Å²) in [6.45, 7) is 0. The van der Waals surface area contributed by atoms with Gasteiger partial charge in [0.15, 0.2) is 0 Å². The lowest BCUT2D eigenvalue weighted by Gasteiger charge is -2.27. The Balaban J connectivity index is 2.33. The summed E-state index contributed by atoms with van der Waals surface area (Å²) in [6.07, 6.45) is 4.58. The maximum absolute atomic E-state index is 13.8. The van der Waals surface area contributed by atoms with Gasteiger partial charge in [-0.15, -0.1) is 0 Å². The molecule has 0 saturated heterocycles. The molecule has 0 aromatic heterocycles. The predicted molar refractivity (Wildman–Crippen MR) is 62.4 cm³/mol. The van der Waals surface area contributed by atoms with E-state index in [-0.39, 0.29) is 17.3 Å². The predicted octanol–water partition coefficient (Wildman–Crippen LogP) is 3.16. The van der Waals surface area contributed by atoms with Crippen LogP contribution in [0.25, 0.3) is 0 Å². The lowest BCUT2D eigenvalue weighted by molar-refractivity contribution is 0.112. The number of carbonyl (C=O) groups excluding carboxylic acids is 1. The first-order valence-corrected chi connectivity index (χ1v) is 5.80. The van der Waals surface area contributed by atoms with Crippen LogP contribution < -0.4 is 4.90 Å². The number of nitrogens with zero attached hydrogens (tertiary/aromatic N) is 1. The molecule has 1 aliphatic rings. The lowest BCUT2D eigenvalue weighted by atomic mass is 10.1. The normalized spacial score (nSPS) is 16.2.